The first-order chi connectivity index (χ1) is 14.0. The van der Waals surface area contributed by atoms with Crippen LogP contribution >= 0.6 is 0 Å². The SMILES string of the molecule is COC(=O)c1cn(-c2ccc(B(O)O)cc2-c2ccc3c(N)cnnc3c2)cn1. The second kappa shape index (κ2) is 7.34. The molecular formula is C19H16BN5O4. The number of fused-ring (bicyclic) bond motifs is 1. The molecule has 10 heteroatoms. The predicted molar refractivity (Wildman–Crippen MR) is 108 cm³/mol. The molecule has 4 aromatic rings. The number of carbonyl (C=O) groups is 1. The average molecular weight is 389 g/mol. The fourth-order valence-corrected chi connectivity index (χ4v) is 3.08. The van der Waals surface area contributed by atoms with E-state index in [1.54, 1.807) is 29.0 Å². The largest absolute Gasteiger partial charge is 0.488 e. The van der Waals surface area contributed by atoms with Gasteiger partial charge in [0.15, 0.2) is 5.69 Å². The van der Waals surface area contributed by atoms with Gasteiger partial charge in [0.05, 0.1) is 30.2 Å². The van der Waals surface area contributed by atoms with Crippen LogP contribution in [0.5, 0.6) is 0 Å². The second-order valence-corrected chi connectivity index (χ2v) is 6.34. The van der Waals surface area contributed by atoms with Gasteiger partial charge in [-0.05, 0) is 29.2 Å². The first-order valence-electron chi connectivity index (χ1n) is 8.62. The van der Waals surface area contributed by atoms with Crippen LogP contribution in [-0.4, -0.2) is 50.0 Å². The molecule has 0 bridgehead atoms. The van der Waals surface area contributed by atoms with Crippen molar-refractivity contribution in [3.05, 3.63) is 60.8 Å². The standard InChI is InChI=1S/C19H16BN5O4/c1-29-19(26)17-9-25(10-22-17)18-5-3-12(20(27)28)7-14(18)11-2-4-13-15(21)8-23-24-16(13)6-11/h2-10,27-28H,1H3,(H2,21,24). The van der Waals surface area contributed by atoms with Crippen LogP contribution in [0.15, 0.2) is 55.1 Å². The maximum atomic E-state index is 11.7. The summed E-state index contributed by atoms with van der Waals surface area (Å²) >= 11 is 0. The van der Waals surface area contributed by atoms with Crippen LogP contribution in [0.4, 0.5) is 5.69 Å². The molecule has 0 aliphatic rings. The summed E-state index contributed by atoms with van der Waals surface area (Å²) in [5, 5.41) is 28.0. The summed E-state index contributed by atoms with van der Waals surface area (Å²) < 4.78 is 6.36. The normalized spacial score (nSPS) is 10.9. The van der Waals surface area contributed by atoms with Gasteiger partial charge in [-0.25, -0.2) is 9.78 Å². The van der Waals surface area contributed by atoms with E-state index in [0.29, 0.717) is 27.9 Å². The molecule has 2 heterocycles. The Morgan fingerprint density at radius 2 is 2.03 bits per heavy atom. The third-order valence-electron chi connectivity index (χ3n) is 4.56. The summed E-state index contributed by atoms with van der Waals surface area (Å²) in [6.45, 7) is 0. The van der Waals surface area contributed by atoms with Crippen LogP contribution in [0.2, 0.25) is 0 Å². The van der Waals surface area contributed by atoms with E-state index in [1.807, 2.05) is 18.2 Å². The zero-order chi connectivity index (χ0) is 20.5. The number of benzene rings is 2. The topological polar surface area (TPSA) is 136 Å². The van der Waals surface area contributed by atoms with Crippen LogP contribution in [0.25, 0.3) is 27.7 Å². The third-order valence-corrected chi connectivity index (χ3v) is 4.56. The first kappa shape index (κ1) is 18.6. The van der Waals surface area contributed by atoms with Crippen molar-refractivity contribution in [3.8, 4) is 16.8 Å². The van der Waals surface area contributed by atoms with Crippen molar-refractivity contribution < 1.29 is 19.6 Å². The zero-order valence-electron chi connectivity index (χ0n) is 15.4. The lowest BCUT2D eigenvalue weighted by Crippen LogP contribution is -2.29. The lowest BCUT2D eigenvalue weighted by Gasteiger charge is -2.13. The molecule has 0 radical (unpaired) electrons. The van der Waals surface area contributed by atoms with E-state index in [4.69, 9.17) is 10.5 Å². The van der Waals surface area contributed by atoms with Gasteiger partial charge in [-0.2, -0.15) is 10.2 Å². The molecule has 0 amide bonds. The Kier molecular flexibility index (Phi) is 4.71. The molecule has 4 rings (SSSR count). The fourth-order valence-electron chi connectivity index (χ4n) is 3.08. The Balaban J connectivity index is 1.90. The van der Waals surface area contributed by atoms with Crippen LogP contribution in [0.1, 0.15) is 10.5 Å². The number of nitrogens with zero attached hydrogens (tertiary/aromatic N) is 4. The Morgan fingerprint density at radius 3 is 2.79 bits per heavy atom. The molecule has 0 saturated carbocycles. The lowest BCUT2D eigenvalue weighted by atomic mass is 9.78. The van der Waals surface area contributed by atoms with Crippen molar-refractivity contribution in [2.75, 3.05) is 12.8 Å². The minimum atomic E-state index is -1.63. The molecular weight excluding hydrogens is 373 g/mol. The van der Waals surface area contributed by atoms with Gasteiger partial charge in [0.25, 0.3) is 0 Å². The van der Waals surface area contributed by atoms with Gasteiger partial charge < -0.3 is 25.1 Å². The van der Waals surface area contributed by atoms with Crippen molar-refractivity contribution in [1.29, 1.82) is 0 Å². The number of aromatic nitrogens is 4. The Morgan fingerprint density at radius 1 is 1.21 bits per heavy atom. The number of anilines is 1. The average Bonchev–Trinajstić information content (AvgIpc) is 3.22. The van der Waals surface area contributed by atoms with Gasteiger partial charge in [-0.3, -0.25) is 0 Å². The highest BCUT2D eigenvalue weighted by Crippen LogP contribution is 2.30. The smallest absolute Gasteiger partial charge is 0.464 e. The molecule has 9 nitrogen and oxygen atoms in total. The number of imidazole rings is 1. The molecule has 0 atom stereocenters. The molecule has 0 aliphatic heterocycles. The fraction of sp³-hybridized carbons (Fsp3) is 0.0526. The number of methoxy groups -OCH3 is 1. The molecule has 0 saturated heterocycles. The molecule has 0 spiro atoms. The first-order valence-corrected chi connectivity index (χ1v) is 8.62. The lowest BCUT2D eigenvalue weighted by molar-refractivity contribution is 0.0594. The molecule has 29 heavy (non-hydrogen) atoms. The number of esters is 1. The molecule has 2 aromatic carbocycles. The van der Waals surface area contributed by atoms with Gasteiger partial charge in [0.1, 0.15) is 6.33 Å². The molecule has 0 fully saturated rings. The van der Waals surface area contributed by atoms with Crippen molar-refractivity contribution in [2.24, 2.45) is 0 Å². The highest BCUT2D eigenvalue weighted by molar-refractivity contribution is 6.58. The Labute approximate surface area is 165 Å². The third kappa shape index (κ3) is 3.42. The van der Waals surface area contributed by atoms with E-state index >= 15 is 0 Å². The number of hydrogen-bond donors (Lipinski definition) is 3. The number of ether oxygens (including phenoxy) is 1. The van der Waals surface area contributed by atoms with Gasteiger partial charge in [0.2, 0.25) is 0 Å². The summed E-state index contributed by atoms with van der Waals surface area (Å²) in [5.41, 5.74) is 9.64. The summed E-state index contributed by atoms with van der Waals surface area (Å²) in [5.74, 6) is -0.552. The number of carbonyl (C=O) groups excluding carboxylic acids is 1. The van der Waals surface area contributed by atoms with Crippen molar-refractivity contribution in [2.45, 2.75) is 0 Å². The Hall–Kier alpha value is -3.76. The van der Waals surface area contributed by atoms with Gasteiger partial charge >= 0.3 is 13.1 Å². The van der Waals surface area contributed by atoms with E-state index in [-0.39, 0.29) is 5.69 Å². The van der Waals surface area contributed by atoms with Gasteiger partial charge in [0, 0.05) is 17.1 Å². The zero-order valence-corrected chi connectivity index (χ0v) is 15.4. The Bertz CT molecular complexity index is 1220. The molecule has 2 aromatic heterocycles. The van der Waals surface area contributed by atoms with Crippen LogP contribution in [0.3, 0.4) is 0 Å². The maximum Gasteiger partial charge on any atom is 0.488 e. The van der Waals surface area contributed by atoms with Crippen molar-refractivity contribution in [1.82, 2.24) is 19.7 Å². The highest BCUT2D eigenvalue weighted by Gasteiger charge is 2.17. The summed E-state index contributed by atoms with van der Waals surface area (Å²) in [6, 6.07) is 10.4. The van der Waals surface area contributed by atoms with E-state index < -0.39 is 13.1 Å². The quantitative estimate of drug-likeness (QED) is 0.340. The molecule has 144 valence electrons. The second-order valence-electron chi connectivity index (χ2n) is 6.34. The molecule has 0 aliphatic carbocycles. The summed E-state index contributed by atoms with van der Waals surface area (Å²) in [7, 11) is -0.349. The van der Waals surface area contributed by atoms with E-state index in [0.717, 1.165) is 10.9 Å². The minimum Gasteiger partial charge on any atom is -0.464 e. The van der Waals surface area contributed by atoms with E-state index in [2.05, 4.69) is 15.2 Å². The highest BCUT2D eigenvalue weighted by atomic mass is 16.5. The van der Waals surface area contributed by atoms with E-state index in [1.165, 1.54) is 19.6 Å². The number of rotatable bonds is 4. The minimum absolute atomic E-state index is 0.155. The number of nitrogens with two attached hydrogens (primary N) is 1. The molecule has 4 N–H and O–H groups in total. The van der Waals surface area contributed by atoms with Crippen molar-refractivity contribution >= 4 is 35.1 Å². The van der Waals surface area contributed by atoms with Crippen LogP contribution in [-0.2, 0) is 4.74 Å². The number of hydrogen-bond acceptors (Lipinski definition) is 8. The maximum absolute atomic E-state index is 11.7. The van der Waals surface area contributed by atoms with E-state index in [9.17, 15) is 14.8 Å². The number of nitrogen functional groups attached to an aromatic ring is 1. The molecule has 0 unspecified atom stereocenters. The predicted octanol–water partition coefficient (Wildman–Crippen LogP) is 0.531. The van der Waals surface area contributed by atoms with Crippen molar-refractivity contribution in [3.63, 3.8) is 0 Å². The van der Waals surface area contributed by atoms with Gasteiger partial charge in [-0.1, -0.05) is 18.2 Å². The monoisotopic (exact) mass is 389 g/mol. The summed E-state index contributed by atoms with van der Waals surface area (Å²) in [4.78, 5) is 15.8. The van der Waals surface area contributed by atoms with Crippen LogP contribution in [0, 0.1) is 0 Å². The van der Waals surface area contributed by atoms with Gasteiger partial charge in [-0.15, -0.1) is 0 Å². The van der Waals surface area contributed by atoms with Crippen LogP contribution < -0.4 is 11.2 Å². The summed E-state index contributed by atoms with van der Waals surface area (Å²) in [6.07, 6.45) is 4.51.